The summed E-state index contributed by atoms with van der Waals surface area (Å²) in [5.41, 5.74) is 2.17. The van der Waals surface area contributed by atoms with Crippen molar-refractivity contribution in [3.05, 3.63) is 76.2 Å². The van der Waals surface area contributed by atoms with Crippen LogP contribution >= 0.6 is 11.6 Å². The summed E-state index contributed by atoms with van der Waals surface area (Å²) >= 11 is 5.94. The van der Waals surface area contributed by atoms with E-state index in [0.717, 1.165) is 11.1 Å². The zero-order valence-electron chi connectivity index (χ0n) is 13.6. The van der Waals surface area contributed by atoms with Crippen LogP contribution in [0.2, 0.25) is 5.02 Å². The van der Waals surface area contributed by atoms with Crippen LogP contribution in [0.3, 0.4) is 0 Å². The minimum atomic E-state index is -0.504. The first-order valence-corrected chi connectivity index (χ1v) is 8.28. The molecule has 0 spiro atoms. The van der Waals surface area contributed by atoms with Crippen molar-refractivity contribution in [2.24, 2.45) is 0 Å². The largest absolute Gasteiger partial charge is 0.466 e. The summed E-state index contributed by atoms with van der Waals surface area (Å²) in [5.74, 6) is -0.113. The van der Waals surface area contributed by atoms with E-state index in [2.05, 4.69) is 5.32 Å². The standard InChI is InChI=1S/C19H17ClFNO3/c1-2-24-17(23)11-16-18(12-3-7-14(20)8-4-12)25-19(22-16)13-5-9-15(21)10-6-13/h3-10,19,22H,2,11H2,1H3. The Bertz CT molecular complexity index is 787. The number of carbonyl (C=O) groups excluding carboxylic acids is 1. The normalized spacial score (nSPS) is 16.4. The molecule has 130 valence electrons. The number of halogens is 2. The molecule has 3 rings (SSSR count). The molecule has 1 unspecified atom stereocenters. The molecule has 2 aromatic carbocycles. The number of benzene rings is 2. The number of rotatable bonds is 5. The van der Waals surface area contributed by atoms with Gasteiger partial charge in [-0.15, -0.1) is 0 Å². The molecule has 0 saturated carbocycles. The summed E-state index contributed by atoms with van der Waals surface area (Å²) in [4.78, 5) is 11.9. The minimum Gasteiger partial charge on any atom is -0.466 e. The van der Waals surface area contributed by atoms with Crippen molar-refractivity contribution in [1.82, 2.24) is 5.32 Å². The molecule has 0 saturated heterocycles. The van der Waals surface area contributed by atoms with Gasteiger partial charge in [-0.1, -0.05) is 23.7 Å². The molecule has 0 aromatic heterocycles. The number of esters is 1. The summed E-state index contributed by atoms with van der Waals surface area (Å²) < 4.78 is 24.2. The van der Waals surface area contributed by atoms with E-state index in [4.69, 9.17) is 21.1 Å². The maximum Gasteiger partial charge on any atom is 0.311 e. The van der Waals surface area contributed by atoms with E-state index in [-0.39, 0.29) is 18.2 Å². The molecule has 0 bridgehead atoms. The van der Waals surface area contributed by atoms with Gasteiger partial charge in [0.25, 0.3) is 0 Å². The second-order valence-electron chi connectivity index (χ2n) is 5.49. The Morgan fingerprint density at radius 3 is 2.52 bits per heavy atom. The Balaban J connectivity index is 1.88. The van der Waals surface area contributed by atoms with Crippen LogP contribution in [0.5, 0.6) is 0 Å². The third-order valence-electron chi connectivity index (χ3n) is 3.72. The number of hydrogen-bond donors (Lipinski definition) is 1. The fraction of sp³-hybridized carbons (Fsp3) is 0.211. The van der Waals surface area contributed by atoms with E-state index >= 15 is 0 Å². The van der Waals surface area contributed by atoms with Gasteiger partial charge in [-0.05, 0) is 43.3 Å². The van der Waals surface area contributed by atoms with Crippen molar-refractivity contribution in [3.63, 3.8) is 0 Å². The third-order valence-corrected chi connectivity index (χ3v) is 3.97. The lowest BCUT2D eigenvalue weighted by Gasteiger charge is -2.13. The molecule has 0 fully saturated rings. The van der Waals surface area contributed by atoms with Crippen LogP contribution in [0, 0.1) is 5.82 Å². The first-order valence-electron chi connectivity index (χ1n) is 7.90. The van der Waals surface area contributed by atoms with Crippen LogP contribution in [0.25, 0.3) is 5.76 Å². The maximum absolute atomic E-state index is 13.1. The number of ether oxygens (including phenoxy) is 2. The van der Waals surface area contributed by atoms with Crippen LogP contribution in [0.15, 0.2) is 54.2 Å². The Morgan fingerprint density at radius 2 is 1.88 bits per heavy atom. The lowest BCUT2D eigenvalue weighted by atomic mass is 10.1. The van der Waals surface area contributed by atoms with Crippen molar-refractivity contribution in [2.45, 2.75) is 19.6 Å². The van der Waals surface area contributed by atoms with Gasteiger partial charge in [-0.2, -0.15) is 0 Å². The van der Waals surface area contributed by atoms with E-state index in [0.29, 0.717) is 23.1 Å². The molecule has 2 aromatic rings. The first kappa shape index (κ1) is 17.3. The Kier molecular flexibility index (Phi) is 5.24. The fourth-order valence-corrected chi connectivity index (χ4v) is 2.69. The Hall–Kier alpha value is -2.53. The van der Waals surface area contributed by atoms with Gasteiger partial charge in [0.05, 0.1) is 18.7 Å². The smallest absolute Gasteiger partial charge is 0.311 e. The van der Waals surface area contributed by atoms with Gasteiger partial charge in [0.2, 0.25) is 0 Å². The zero-order valence-corrected chi connectivity index (χ0v) is 14.3. The van der Waals surface area contributed by atoms with Gasteiger partial charge in [0.1, 0.15) is 11.6 Å². The van der Waals surface area contributed by atoms with Gasteiger partial charge < -0.3 is 14.8 Å². The molecular formula is C19H17ClFNO3. The average Bonchev–Trinajstić information content (AvgIpc) is 3.00. The van der Waals surface area contributed by atoms with Crippen molar-refractivity contribution in [3.8, 4) is 0 Å². The average molecular weight is 362 g/mol. The van der Waals surface area contributed by atoms with Crippen LogP contribution in [-0.2, 0) is 14.3 Å². The van der Waals surface area contributed by atoms with Crippen LogP contribution < -0.4 is 5.32 Å². The van der Waals surface area contributed by atoms with E-state index in [9.17, 15) is 9.18 Å². The van der Waals surface area contributed by atoms with E-state index in [1.807, 2.05) is 12.1 Å². The number of carbonyl (C=O) groups is 1. The van der Waals surface area contributed by atoms with Crippen molar-refractivity contribution >= 4 is 23.3 Å². The first-order chi connectivity index (χ1) is 12.1. The Labute approximate surface area is 150 Å². The van der Waals surface area contributed by atoms with Gasteiger partial charge >= 0.3 is 5.97 Å². The summed E-state index contributed by atoms with van der Waals surface area (Å²) in [6.07, 6.45) is -0.445. The predicted molar refractivity (Wildman–Crippen MR) is 93.0 cm³/mol. The highest BCUT2D eigenvalue weighted by molar-refractivity contribution is 6.30. The van der Waals surface area contributed by atoms with E-state index in [1.54, 1.807) is 31.2 Å². The monoisotopic (exact) mass is 361 g/mol. The number of hydrogen-bond acceptors (Lipinski definition) is 4. The highest BCUT2D eigenvalue weighted by Crippen LogP contribution is 2.35. The maximum atomic E-state index is 13.1. The molecular weight excluding hydrogens is 345 g/mol. The van der Waals surface area contributed by atoms with E-state index < -0.39 is 6.23 Å². The minimum absolute atomic E-state index is 0.0590. The zero-order chi connectivity index (χ0) is 17.8. The van der Waals surface area contributed by atoms with Gasteiger partial charge in [0, 0.05) is 16.1 Å². The van der Waals surface area contributed by atoms with Gasteiger partial charge in [-0.25, -0.2) is 4.39 Å². The quantitative estimate of drug-likeness (QED) is 0.801. The summed E-state index contributed by atoms with van der Waals surface area (Å²) in [5, 5.41) is 3.79. The fourth-order valence-electron chi connectivity index (χ4n) is 2.56. The molecule has 1 N–H and O–H groups in total. The summed E-state index contributed by atoms with van der Waals surface area (Å²) in [7, 11) is 0. The van der Waals surface area contributed by atoms with Crippen molar-refractivity contribution in [1.29, 1.82) is 0 Å². The van der Waals surface area contributed by atoms with Gasteiger partial charge in [-0.3, -0.25) is 4.79 Å². The van der Waals surface area contributed by atoms with Crippen molar-refractivity contribution < 1.29 is 18.7 Å². The third kappa shape index (κ3) is 4.12. The second kappa shape index (κ2) is 7.57. The van der Waals surface area contributed by atoms with Crippen LogP contribution in [-0.4, -0.2) is 12.6 Å². The highest BCUT2D eigenvalue weighted by atomic mass is 35.5. The molecule has 6 heteroatoms. The lowest BCUT2D eigenvalue weighted by Crippen LogP contribution is -2.18. The van der Waals surface area contributed by atoms with Crippen molar-refractivity contribution in [2.75, 3.05) is 6.61 Å². The molecule has 25 heavy (non-hydrogen) atoms. The lowest BCUT2D eigenvalue weighted by molar-refractivity contribution is -0.142. The topological polar surface area (TPSA) is 47.6 Å². The molecule has 4 nitrogen and oxygen atoms in total. The molecule has 0 aliphatic carbocycles. The van der Waals surface area contributed by atoms with Crippen LogP contribution in [0.4, 0.5) is 4.39 Å². The van der Waals surface area contributed by atoms with Crippen LogP contribution in [0.1, 0.15) is 30.7 Å². The highest BCUT2D eigenvalue weighted by Gasteiger charge is 2.28. The molecule has 0 radical (unpaired) electrons. The molecule has 1 atom stereocenters. The summed E-state index contributed by atoms with van der Waals surface area (Å²) in [6, 6.07) is 13.1. The van der Waals surface area contributed by atoms with E-state index in [1.165, 1.54) is 12.1 Å². The SMILES string of the molecule is CCOC(=O)CC1=C(c2ccc(Cl)cc2)OC(c2ccc(F)cc2)N1. The second-order valence-corrected chi connectivity index (χ2v) is 5.93. The molecule has 0 amide bonds. The molecule has 1 heterocycles. The number of nitrogens with one attached hydrogen (secondary N) is 1. The predicted octanol–water partition coefficient (Wildman–Crippen LogP) is 4.42. The molecule has 1 aliphatic heterocycles. The summed E-state index contributed by atoms with van der Waals surface area (Å²) in [6.45, 7) is 2.07. The molecule has 1 aliphatic rings. The Morgan fingerprint density at radius 1 is 1.20 bits per heavy atom. The van der Waals surface area contributed by atoms with Gasteiger partial charge in [0.15, 0.2) is 6.23 Å².